The van der Waals surface area contributed by atoms with E-state index < -0.39 is 0 Å². The number of aryl methyl sites for hydroxylation is 1. The average Bonchev–Trinajstić information content (AvgIpc) is 2.92. The molecule has 1 heterocycles. The van der Waals surface area contributed by atoms with Gasteiger partial charge in [0.15, 0.2) is 0 Å². The molecule has 136 valence electrons. The molecule has 1 aromatic heterocycles. The maximum atomic E-state index is 6.59. The van der Waals surface area contributed by atoms with Crippen LogP contribution < -0.4 is 4.74 Å². The van der Waals surface area contributed by atoms with Gasteiger partial charge in [-0.05, 0) is 50.4 Å². The zero-order chi connectivity index (χ0) is 18.5. The molecule has 0 unspecified atom stereocenters. The summed E-state index contributed by atoms with van der Waals surface area (Å²) in [6.07, 6.45) is 0. The normalized spacial score (nSPS) is 11.1. The smallest absolute Gasteiger partial charge is 0.137 e. The molecule has 0 bridgehead atoms. The summed E-state index contributed by atoms with van der Waals surface area (Å²) in [7, 11) is 2.06. The van der Waals surface area contributed by atoms with E-state index in [4.69, 9.17) is 16.3 Å². The van der Waals surface area contributed by atoms with Crippen molar-refractivity contribution in [2.75, 3.05) is 20.2 Å². The molecule has 6 heteroatoms. The molecule has 0 aliphatic heterocycles. The average molecular weight is 435 g/mol. The zero-order valence-corrected chi connectivity index (χ0v) is 17.2. The lowest BCUT2D eigenvalue weighted by atomic mass is 10.2. The topological polar surface area (TPSA) is 30.3 Å². The van der Waals surface area contributed by atoms with E-state index >= 15 is 0 Å². The molecule has 0 fully saturated rings. The van der Waals surface area contributed by atoms with Gasteiger partial charge in [0, 0.05) is 23.1 Å². The maximum Gasteiger partial charge on any atom is 0.137 e. The van der Waals surface area contributed by atoms with Gasteiger partial charge in [-0.25, -0.2) is 4.68 Å². The molecule has 0 atom stereocenters. The monoisotopic (exact) mass is 433 g/mol. The number of halogens is 2. The number of hydrogen-bond acceptors (Lipinski definition) is 3. The van der Waals surface area contributed by atoms with Crippen LogP contribution in [0.15, 0.2) is 59.1 Å². The van der Waals surface area contributed by atoms with Crippen molar-refractivity contribution >= 4 is 27.5 Å². The second kappa shape index (κ2) is 8.71. The van der Waals surface area contributed by atoms with E-state index in [-0.39, 0.29) is 0 Å². The SMILES string of the molecule is Cc1nn(-c2ccccc2)c(Cl)c1CN(C)CCOc1ccc(Br)cc1. The Morgan fingerprint density at radius 2 is 1.81 bits per heavy atom. The molecule has 0 saturated heterocycles. The van der Waals surface area contributed by atoms with Crippen LogP contribution in [0.3, 0.4) is 0 Å². The van der Waals surface area contributed by atoms with Gasteiger partial charge in [-0.2, -0.15) is 5.10 Å². The standard InChI is InChI=1S/C20H21BrClN3O/c1-15-19(20(22)25(23-15)17-6-4-3-5-7-17)14-24(2)12-13-26-18-10-8-16(21)9-11-18/h3-11H,12-14H2,1-2H3. The molecule has 0 amide bonds. The van der Waals surface area contributed by atoms with Gasteiger partial charge >= 0.3 is 0 Å². The van der Waals surface area contributed by atoms with E-state index in [1.807, 2.05) is 61.5 Å². The minimum Gasteiger partial charge on any atom is -0.492 e. The van der Waals surface area contributed by atoms with Gasteiger partial charge in [-0.1, -0.05) is 45.7 Å². The highest BCUT2D eigenvalue weighted by molar-refractivity contribution is 9.10. The van der Waals surface area contributed by atoms with E-state index in [9.17, 15) is 0 Å². The first kappa shape index (κ1) is 19.0. The van der Waals surface area contributed by atoms with Crippen LogP contribution in [0.25, 0.3) is 5.69 Å². The van der Waals surface area contributed by atoms with Crippen LogP contribution in [0.5, 0.6) is 5.75 Å². The van der Waals surface area contributed by atoms with Crippen LogP contribution >= 0.6 is 27.5 Å². The second-order valence-electron chi connectivity index (χ2n) is 6.14. The van der Waals surface area contributed by atoms with Crippen molar-refractivity contribution in [2.24, 2.45) is 0 Å². The minimum absolute atomic E-state index is 0.613. The molecular weight excluding hydrogens is 414 g/mol. The lowest BCUT2D eigenvalue weighted by molar-refractivity contribution is 0.232. The Morgan fingerprint density at radius 3 is 2.50 bits per heavy atom. The van der Waals surface area contributed by atoms with Gasteiger partial charge in [-0.3, -0.25) is 4.90 Å². The number of benzene rings is 2. The second-order valence-corrected chi connectivity index (χ2v) is 7.42. The lowest BCUT2D eigenvalue weighted by Gasteiger charge is -2.17. The largest absolute Gasteiger partial charge is 0.492 e. The van der Waals surface area contributed by atoms with E-state index in [1.165, 1.54) is 0 Å². The van der Waals surface area contributed by atoms with Crippen molar-refractivity contribution < 1.29 is 4.74 Å². The van der Waals surface area contributed by atoms with Gasteiger partial charge in [0.1, 0.15) is 17.5 Å². The molecule has 0 spiro atoms. The fourth-order valence-electron chi connectivity index (χ4n) is 2.65. The molecule has 0 radical (unpaired) electrons. The van der Waals surface area contributed by atoms with Crippen molar-refractivity contribution in [3.05, 3.63) is 75.5 Å². The van der Waals surface area contributed by atoms with E-state index in [2.05, 4.69) is 33.0 Å². The number of rotatable bonds is 7. The zero-order valence-electron chi connectivity index (χ0n) is 14.8. The van der Waals surface area contributed by atoms with Gasteiger partial charge in [0.05, 0.1) is 11.4 Å². The van der Waals surface area contributed by atoms with E-state index in [0.717, 1.165) is 40.3 Å². The first-order chi connectivity index (χ1) is 12.5. The third-order valence-corrected chi connectivity index (χ3v) is 5.02. The molecule has 0 aliphatic carbocycles. The molecule has 3 aromatic rings. The summed E-state index contributed by atoms with van der Waals surface area (Å²) in [5.74, 6) is 0.868. The molecular formula is C20H21BrClN3O. The Balaban J connectivity index is 1.60. The first-order valence-electron chi connectivity index (χ1n) is 8.41. The molecule has 0 saturated carbocycles. The summed E-state index contributed by atoms with van der Waals surface area (Å²) in [5.41, 5.74) is 2.95. The molecule has 0 aliphatic rings. The molecule has 26 heavy (non-hydrogen) atoms. The third kappa shape index (κ3) is 4.67. The summed E-state index contributed by atoms with van der Waals surface area (Å²) in [6.45, 7) is 4.12. The molecule has 0 N–H and O–H groups in total. The Bertz CT molecular complexity index is 849. The quantitative estimate of drug-likeness (QED) is 0.518. The van der Waals surface area contributed by atoms with Crippen LogP contribution in [0.4, 0.5) is 0 Å². The van der Waals surface area contributed by atoms with Crippen molar-refractivity contribution in [3.8, 4) is 11.4 Å². The van der Waals surface area contributed by atoms with E-state index in [1.54, 1.807) is 4.68 Å². The summed E-state index contributed by atoms with van der Waals surface area (Å²) in [4.78, 5) is 2.18. The van der Waals surface area contributed by atoms with Crippen LogP contribution in [0, 0.1) is 6.92 Å². The number of likely N-dealkylation sites (N-methyl/N-ethyl adjacent to an activating group) is 1. The van der Waals surface area contributed by atoms with Gasteiger partial charge in [-0.15, -0.1) is 0 Å². The number of para-hydroxylation sites is 1. The van der Waals surface area contributed by atoms with Crippen molar-refractivity contribution in [1.82, 2.24) is 14.7 Å². The number of nitrogens with zero attached hydrogens (tertiary/aromatic N) is 3. The third-order valence-electron chi connectivity index (χ3n) is 4.11. The first-order valence-corrected chi connectivity index (χ1v) is 9.58. The van der Waals surface area contributed by atoms with Crippen molar-refractivity contribution in [1.29, 1.82) is 0 Å². The highest BCUT2D eigenvalue weighted by atomic mass is 79.9. The summed E-state index contributed by atoms with van der Waals surface area (Å²) < 4.78 is 8.62. The Morgan fingerprint density at radius 1 is 1.12 bits per heavy atom. The van der Waals surface area contributed by atoms with Crippen molar-refractivity contribution in [3.63, 3.8) is 0 Å². The molecule has 4 nitrogen and oxygen atoms in total. The molecule has 2 aromatic carbocycles. The summed E-state index contributed by atoms with van der Waals surface area (Å²) >= 11 is 10.0. The highest BCUT2D eigenvalue weighted by Crippen LogP contribution is 2.24. The number of ether oxygens (including phenoxy) is 1. The van der Waals surface area contributed by atoms with Gasteiger partial charge in [0.2, 0.25) is 0 Å². The Hall–Kier alpha value is -1.82. The van der Waals surface area contributed by atoms with Gasteiger partial charge < -0.3 is 4.74 Å². The Kier molecular flexibility index (Phi) is 6.35. The maximum absolute atomic E-state index is 6.59. The van der Waals surface area contributed by atoms with Crippen LogP contribution in [-0.2, 0) is 6.54 Å². The van der Waals surface area contributed by atoms with Crippen molar-refractivity contribution in [2.45, 2.75) is 13.5 Å². The van der Waals surface area contributed by atoms with Gasteiger partial charge in [0.25, 0.3) is 0 Å². The summed E-state index contributed by atoms with van der Waals surface area (Å²) in [6, 6.07) is 17.8. The fraction of sp³-hybridized carbons (Fsp3) is 0.250. The predicted molar refractivity (Wildman–Crippen MR) is 109 cm³/mol. The van der Waals surface area contributed by atoms with Crippen LogP contribution in [-0.4, -0.2) is 34.9 Å². The predicted octanol–water partition coefficient (Wildman–Crippen LogP) is 5.11. The van der Waals surface area contributed by atoms with E-state index in [0.29, 0.717) is 11.8 Å². The Labute approximate surface area is 167 Å². The fourth-order valence-corrected chi connectivity index (χ4v) is 3.25. The number of aromatic nitrogens is 2. The van der Waals surface area contributed by atoms with Crippen LogP contribution in [0.2, 0.25) is 5.15 Å². The van der Waals surface area contributed by atoms with Crippen LogP contribution in [0.1, 0.15) is 11.3 Å². The highest BCUT2D eigenvalue weighted by Gasteiger charge is 2.16. The lowest BCUT2D eigenvalue weighted by Crippen LogP contribution is -2.24. The number of hydrogen-bond donors (Lipinski definition) is 0. The molecule has 3 rings (SSSR count). The minimum atomic E-state index is 0.613. The summed E-state index contributed by atoms with van der Waals surface area (Å²) in [5, 5.41) is 5.25.